The Morgan fingerprint density at radius 1 is 1.03 bits per heavy atom. The van der Waals surface area contributed by atoms with E-state index in [-0.39, 0.29) is 11.8 Å². The van der Waals surface area contributed by atoms with Crippen molar-refractivity contribution in [3.05, 3.63) is 100 Å². The van der Waals surface area contributed by atoms with E-state index in [0.29, 0.717) is 21.8 Å². The van der Waals surface area contributed by atoms with E-state index in [1.165, 1.54) is 0 Å². The molecule has 2 amide bonds. The van der Waals surface area contributed by atoms with Crippen molar-refractivity contribution in [2.75, 3.05) is 12.4 Å². The number of fused-ring (bicyclic) bond motifs is 2. The molecule has 0 unspecified atom stereocenters. The fourth-order valence-electron chi connectivity index (χ4n) is 4.62. The number of anilines is 1. The molecule has 0 aliphatic carbocycles. The first kappa shape index (κ1) is 20.3. The number of H-pyrrole nitrogens is 1. The molecule has 2 atom stereocenters. The molecule has 0 spiro atoms. The minimum Gasteiger partial charge on any atom is -0.361 e. The summed E-state index contributed by atoms with van der Waals surface area (Å²) in [4.78, 5) is 31.9. The van der Waals surface area contributed by atoms with Crippen LogP contribution in [-0.2, 0) is 4.79 Å². The van der Waals surface area contributed by atoms with Crippen molar-refractivity contribution < 1.29 is 9.59 Å². The quantitative estimate of drug-likeness (QED) is 0.428. The summed E-state index contributed by atoms with van der Waals surface area (Å²) in [5.41, 5.74) is 4.69. The third-order valence-corrected chi connectivity index (χ3v) is 6.50. The molecule has 32 heavy (non-hydrogen) atoms. The molecule has 0 radical (unpaired) electrons. The molecule has 5 nitrogen and oxygen atoms in total. The zero-order chi connectivity index (χ0) is 22.4. The van der Waals surface area contributed by atoms with Crippen LogP contribution in [0.5, 0.6) is 0 Å². The molecule has 1 aliphatic heterocycles. The van der Waals surface area contributed by atoms with Crippen molar-refractivity contribution >= 4 is 40.0 Å². The lowest BCUT2D eigenvalue weighted by Gasteiger charge is -2.39. The Morgan fingerprint density at radius 2 is 1.78 bits per heavy atom. The molecule has 6 heteroatoms. The fourth-order valence-corrected chi connectivity index (χ4v) is 4.90. The van der Waals surface area contributed by atoms with Gasteiger partial charge < -0.3 is 15.2 Å². The van der Waals surface area contributed by atoms with Crippen molar-refractivity contribution in [2.24, 2.45) is 0 Å². The largest absolute Gasteiger partial charge is 0.361 e. The number of carbonyl (C=O) groups excluding carboxylic acids is 2. The number of nitrogens with zero attached hydrogens (tertiary/aromatic N) is 1. The summed E-state index contributed by atoms with van der Waals surface area (Å²) < 4.78 is 0. The van der Waals surface area contributed by atoms with Crippen LogP contribution in [0.2, 0.25) is 5.02 Å². The smallest absolute Gasteiger partial charge is 0.254 e. The highest BCUT2D eigenvalue weighted by molar-refractivity contribution is 6.33. The van der Waals surface area contributed by atoms with Crippen LogP contribution in [0.25, 0.3) is 10.9 Å². The molecular weight excluding hydrogens is 422 g/mol. The Kier molecular flexibility index (Phi) is 4.98. The van der Waals surface area contributed by atoms with Crippen molar-refractivity contribution in [2.45, 2.75) is 18.9 Å². The van der Waals surface area contributed by atoms with Crippen LogP contribution < -0.4 is 5.32 Å². The first-order valence-corrected chi connectivity index (χ1v) is 10.8. The van der Waals surface area contributed by atoms with Gasteiger partial charge in [-0.3, -0.25) is 9.59 Å². The topological polar surface area (TPSA) is 65.2 Å². The van der Waals surface area contributed by atoms with Gasteiger partial charge in [0.05, 0.1) is 22.7 Å². The van der Waals surface area contributed by atoms with Gasteiger partial charge in [0.2, 0.25) is 5.91 Å². The number of likely N-dealkylation sites (N-methyl/N-ethyl adjacent to an activating group) is 1. The Balaban J connectivity index is 1.65. The predicted molar refractivity (Wildman–Crippen MR) is 127 cm³/mol. The third kappa shape index (κ3) is 3.26. The van der Waals surface area contributed by atoms with Gasteiger partial charge in [0, 0.05) is 35.3 Å². The number of benzene rings is 3. The van der Waals surface area contributed by atoms with Gasteiger partial charge >= 0.3 is 0 Å². The van der Waals surface area contributed by atoms with E-state index in [1.807, 2.05) is 67.7 Å². The first-order chi connectivity index (χ1) is 15.5. The summed E-state index contributed by atoms with van der Waals surface area (Å²) in [5.74, 6) is -0.920. The molecule has 2 heterocycles. The number of para-hydroxylation sites is 1. The molecule has 0 saturated heterocycles. The normalized spacial score (nSPS) is 18.0. The maximum absolute atomic E-state index is 13.7. The van der Waals surface area contributed by atoms with Crippen molar-refractivity contribution in [3.63, 3.8) is 0 Å². The summed E-state index contributed by atoms with van der Waals surface area (Å²) in [6.07, 6.45) is 1.90. The number of aromatic amines is 1. The van der Waals surface area contributed by atoms with E-state index in [9.17, 15) is 9.59 Å². The monoisotopic (exact) mass is 443 g/mol. The van der Waals surface area contributed by atoms with Crippen LogP contribution in [0.3, 0.4) is 0 Å². The zero-order valence-electron chi connectivity index (χ0n) is 17.7. The molecule has 5 rings (SSSR count). The van der Waals surface area contributed by atoms with Crippen molar-refractivity contribution in [3.8, 4) is 0 Å². The number of carbonyl (C=O) groups is 2. The van der Waals surface area contributed by atoms with E-state index < -0.39 is 12.0 Å². The Morgan fingerprint density at radius 3 is 2.59 bits per heavy atom. The second-order valence-corrected chi connectivity index (χ2v) is 8.60. The van der Waals surface area contributed by atoms with Crippen molar-refractivity contribution in [1.82, 2.24) is 9.88 Å². The van der Waals surface area contributed by atoms with Gasteiger partial charge in [-0.2, -0.15) is 0 Å². The van der Waals surface area contributed by atoms with Gasteiger partial charge in [-0.25, -0.2) is 0 Å². The molecule has 0 fully saturated rings. The number of halogens is 1. The van der Waals surface area contributed by atoms with E-state index in [1.54, 1.807) is 24.1 Å². The average molecular weight is 444 g/mol. The minimum atomic E-state index is -0.606. The zero-order valence-corrected chi connectivity index (χ0v) is 18.5. The number of amides is 2. The number of nitrogens with one attached hydrogen (secondary N) is 2. The summed E-state index contributed by atoms with van der Waals surface area (Å²) in [7, 11) is 1.75. The summed E-state index contributed by atoms with van der Waals surface area (Å²) in [6.45, 7) is 1.95. The Hall–Kier alpha value is -3.57. The summed E-state index contributed by atoms with van der Waals surface area (Å²) in [5, 5.41) is 4.47. The maximum atomic E-state index is 13.7. The summed E-state index contributed by atoms with van der Waals surface area (Å²) >= 11 is 6.39. The highest BCUT2D eigenvalue weighted by Crippen LogP contribution is 2.44. The van der Waals surface area contributed by atoms with Gasteiger partial charge in [-0.1, -0.05) is 54.1 Å². The number of aryl methyl sites for hydroxylation is 1. The second kappa shape index (κ2) is 7.84. The lowest BCUT2D eigenvalue weighted by atomic mass is 9.79. The van der Waals surface area contributed by atoms with E-state index in [2.05, 4.69) is 10.3 Å². The molecule has 4 aromatic rings. The van der Waals surface area contributed by atoms with Gasteiger partial charge in [0.25, 0.3) is 5.91 Å². The first-order valence-electron chi connectivity index (χ1n) is 10.4. The average Bonchev–Trinajstić information content (AvgIpc) is 3.21. The molecule has 160 valence electrons. The van der Waals surface area contributed by atoms with Gasteiger partial charge in [0.1, 0.15) is 0 Å². The van der Waals surface area contributed by atoms with Gasteiger partial charge in [0.15, 0.2) is 0 Å². The van der Waals surface area contributed by atoms with Gasteiger partial charge in [-0.15, -0.1) is 0 Å². The van der Waals surface area contributed by atoms with Crippen LogP contribution in [0, 0.1) is 6.92 Å². The van der Waals surface area contributed by atoms with Crippen LogP contribution in [0.1, 0.15) is 39.0 Å². The Bertz CT molecular complexity index is 1360. The third-order valence-electron chi connectivity index (χ3n) is 6.18. The number of rotatable bonds is 3. The maximum Gasteiger partial charge on any atom is 0.254 e. The van der Waals surface area contributed by atoms with Crippen LogP contribution in [0.4, 0.5) is 5.69 Å². The predicted octanol–water partition coefficient (Wildman–Crippen LogP) is 5.68. The molecule has 1 aromatic heterocycles. The van der Waals surface area contributed by atoms with E-state index in [0.717, 1.165) is 22.0 Å². The van der Waals surface area contributed by atoms with Crippen LogP contribution >= 0.6 is 11.6 Å². The van der Waals surface area contributed by atoms with Crippen molar-refractivity contribution in [1.29, 1.82) is 0 Å². The molecule has 1 aliphatic rings. The standard InChI is InChI=1S/C26H22ClN3O2/c1-15-11-12-22(20(27)13-15)29-25(31)23-17-8-3-4-9-18(17)26(32)30(2)24(23)19-14-28-21-10-6-5-7-16(19)21/h3-14,23-24,28H,1-2H3,(H,29,31)/t23-,24-/m0/s1. The minimum absolute atomic E-state index is 0.103. The van der Waals surface area contributed by atoms with Crippen LogP contribution in [0.15, 0.2) is 72.9 Å². The molecule has 2 N–H and O–H groups in total. The lowest BCUT2D eigenvalue weighted by Crippen LogP contribution is -2.44. The highest BCUT2D eigenvalue weighted by Gasteiger charge is 2.43. The number of hydrogen-bond acceptors (Lipinski definition) is 2. The number of aromatic nitrogens is 1. The molecular formula is C26H22ClN3O2. The fraction of sp³-hybridized carbons (Fsp3) is 0.154. The van der Waals surface area contributed by atoms with Gasteiger partial charge in [-0.05, 0) is 42.3 Å². The SMILES string of the molecule is Cc1ccc(NC(=O)[C@H]2c3ccccc3C(=O)N(C)[C@H]2c2c[nH]c3ccccc23)c(Cl)c1. The highest BCUT2D eigenvalue weighted by atomic mass is 35.5. The van der Waals surface area contributed by atoms with Crippen LogP contribution in [-0.4, -0.2) is 28.7 Å². The molecule has 0 bridgehead atoms. The number of hydrogen-bond donors (Lipinski definition) is 2. The summed E-state index contributed by atoms with van der Waals surface area (Å²) in [6, 6.07) is 20.3. The lowest BCUT2D eigenvalue weighted by molar-refractivity contribution is -0.119. The second-order valence-electron chi connectivity index (χ2n) is 8.19. The van der Waals surface area contributed by atoms with E-state index in [4.69, 9.17) is 11.6 Å². The van der Waals surface area contributed by atoms with E-state index >= 15 is 0 Å². The Labute approximate surface area is 191 Å². The molecule has 0 saturated carbocycles. The molecule has 3 aromatic carbocycles.